The molecule has 4 atom stereocenters. The molecule has 0 radical (unpaired) electrons. The van der Waals surface area contributed by atoms with Crippen LogP contribution < -0.4 is 0 Å². The third kappa shape index (κ3) is 0.340. The maximum Gasteiger partial charge on any atom is 0.0763 e. The number of hydrogen-bond acceptors (Lipinski definition) is 1. The lowest BCUT2D eigenvalue weighted by Gasteiger charge is -2.84. The monoisotopic (exact) mass is 190 g/mol. The fourth-order valence-corrected chi connectivity index (χ4v) is 6.81. The normalized spacial score (nSPS) is 79.7. The standard InChI is InChI=1S/C13H18O/c1-12(2,3)13(14)10-6-4-5-8(6)11(13)9(5)7(4)10/h4-11,14H,1-3H3/t4?,5?,6-,7-,8-,9-,10?,11?,13?/m0/s1. The van der Waals surface area contributed by atoms with E-state index in [2.05, 4.69) is 20.8 Å². The summed E-state index contributed by atoms with van der Waals surface area (Å²) in [7, 11) is 0. The first-order valence-corrected chi connectivity index (χ1v) is 6.22. The summed E-state index contributed by atoms with van der Waals surface area (Å²) in [5.41, 5.74) is -0.163. The van der Waals surface area contributed by atoms with Crippen molar-refractivity contribution in [3.8, 4) is 0 Å². The summed E-state index contributed by atoms with van der Waals surface area (Å²) in [5, 5.41) is 11.0. The molecule has 0 saturated heterocycles. The first kappa shape index (κ1) is 7.27. The first-order valence-electron chi connectivity index (χ1n) is 6.22. The topological polar surface area (TPSA) is 20.2 Å². The molecule has 1 nitrogen and oxygen atoms in total. The molecular weight excluding hydrogens is 172 g/mol. The van der Waals surface area contributed by atoms with Gasteiger partial charge in [-0.2, -0.15) is 0 Å². The SMILES string of the molecule is CC(C)(C)C1(O)C2[C@H]3C4C5[C@@H]3C1[C@@H]5[C@H]42. The lowest BCUT2D eigenvalue weighted by atomic mass is 9.20. The van der Waals surface area contributed by atoms with Gasteiger partial charge < -0.3 is 5.11 Å². The van der Waals surface area contributed by atoms with Crippen molar-refractivity contribution in [3.63, 3.8) is 0 Å². The molecule has 0 amide bonds. The van der Waals surface area contributed by atoms with Gasteiger partial charge in [-0.25, -0.2) is 0 Å². The van der Waals surface area contributed by atoms with E-state index in [0.717, 1.165) is 47.3 Å². The van der Waals surface area contributed by atoms with E-state index in [4.69, 9.17) is 0 Å². The van der Waals surface area contributed by atoms with E-state index in [0.29, 0.717) is 0 Å². The highest BCUT2D eigenvalue weighted by atomic mass is 16.3. The summed E-state index contributed by atoms with van der Waals surface area (Å²) in [5.74, 6) is 7.54. The molecule has 0 heterocycles. The van der Waals surface area contributed by atoms with Crippen LogP contribution in [-0.2, 0) is 0 Å². The molecule has 0 aromatic heterocycles. The molecule has 0 unspecified atom stereocenters. The highest BCUT2D eigenvalue weighted by Gasteiger charge is 2.97. The van der Waals surface area contributed by atoms with E-state index in [9.17, 15) is 5.11 Å². The summed E-state index contributed by atoms with van der Waals surface area (Å²) in [6.07, 6.45) is 0. The van der Waals surface area contributed by atoms with Gasteiger partial charge in [0.1, 0.15) is 0 Å². The molecule has 6 aliphatic rings. The van der Waals surface area contributed by atoms with Gasteiger partial charge >= 0.3 is 0 Å². The van der Waals surface area contributed by atoms with Gasteiger partial charge in [-0.05, 0) is 52.8 Å². The maximum absolute atomic E-state index is 11.0. The van der Waals surface area contributed by atoms with E-state index >= 15 is 0 Å². The Labute approximate surface area is 84.9 Å². The molecule has 0 aliphatic heterocycles. The Bertz CT molecular complexity index is 320. The minimum atomic E-state index is -0.277. The molecular formula is C13H18O. The summed E-state index contributed by atoms with van der Waals surface area (Å²) >= 11 is 0. The molecule has 6 rings (SSSR count). The van der Waals surface area contributed by atoms with Crippen LogP contribution in [0, 0.1) is 52.8 Å². The number of rotatable bonds is 0. The Morgan fingerprint density at radius 3 is 1.43 bits per heavy atom. The van der Waals surface area contributed by atoms with Crippen molar-refractivity contribution < 1.29 is 5.11 Å². The average molecular weight is 190 g/mol. The Kier molecular flexibility index (Phi) is 0.744. The van der Waals surface area contributed by atoms with Crippen LogP contribution >= 0.6 is 0 Å². The second-order valence-corrected chi connectivity index (χ2v) is 7.59. The van der Waals surface area contributed by atoms with Crippen molar-refractivity contribution in [2.75, 3.05) is 0 Å². The fourth-order valence-electron chi connectivity index (χ4n) is 6.81. The number of hydrogen-bond donors (Lipinski definition) is 1. The summed E-state index contributed by atoms with van der Waals surface area (Å²) in [6, 6.07) is 0. The van der Waals surface area contributed by atoms with Crippen molar-refractivity contribution in [2.45, 2.75) is 26.4 Å². The smallest absolute Gasteiger partial charge is 0.0763 e. The molecule has 0 aromatic carbocycles. The van der Waals surface area contributed by atoms with Gasteiger partial charge in [-0.3, -0.25) is 0 Å². The van der Waals surface area contributed by atoms with Crippen LogP contribution in [0.15, 0.2) is 0 Å². The van der Waals surface area contributed by atoms with Crippen LogP contribution in [0.25, 0.3) is 0 Å². The molecule has 6 aliphatic carbocycles. The van der Waals surface area contributed by atoms with Gasteiger partial charge in [-0.15, -0.1) is 0 Å². The predicted molar refractivity (Wildman–Crippen MR) is 52.3 cm³/mol. The molecule has 2 bridgehead atoms. The van der Waals surface area contributed by atoms with E-state index in [1.807, 2.05) is 0 Å². The van der Waals surface area contributed by atoms with Crippen LogP contribution in [0.5, 0.6) is 0 Å². The van der Waals surface area contributed by atoms with Crippen molar-refractivity contribution >= 4 is 0 Å². The van der Waals surface area contributed by atoms with Crippen molar-refractivity contribution in [1.29, 1.82) is 0 Å². The van der Waals surface area contributed by atoms with Crippen LogP contribution in [0.1, 0.15) is 20.8 Å². The van der Waals surface area contributed by atoms with Crippen LogP contribution in [0.2, 0.25) is 0 Å². The van der Waals surface area contributed by atoms with Crippen LogP contribution in [-0.4, -0.2) is 10.7 Å². The zero-order chi connectivity index (χ0) is 9.62. The maximum atomic E-state index is 11.0. The zero-order valence-corrected chi connectivity index (χ0v) is 9.07. The van der Waals surface area contributed by atoms with Gasteiger partial charge in [0, 0.05) is 0 Å². The van der Waals surface area contributed by atoms with Crippen LogP contribution in [0.3, 0.4) is 0 Å². The van der Waals surface area contributed by atoms with Crippen molar-refractivity contribution in [3.05, 3.63) is 0 Å². The highest BCUT2D eigenvalue weighted by Crippen LogP contribution is 2.97. The third-order valence-corrected chi connectivity index (χ3v) is 6.99. The van der Waals surface area contributed by atoms with Gasteiger partial charge in [0.2, 0.25) is 0 Å². The molecule has 14 heavy (non-hydrogen) atoms. The van der Waals surface area contributed by atoms with E-state index in [-0.39, 0.29) is 11.0 Å². The minimum absolute atomic E-state index is 0.114. The van der Waals surface area contributed by atoms with Crippen molar-refractivity contribution in [1.82, 2.24) is 0 Å². The Hall–Kier alpha value is -0.0400. The van der Waals surface area contributed by atoms with Gasteiger partial charge in [0.05, 0.1) is 5.60 Å². The molecule has 6 saturated carbocycles. The highest BCUT2D eigenvalue weighted by molar-refractivity contribution is 5.44. The van der Waals surface area contributed by atoms with Crippen LogP contribution in [0.4, 0.5) is 0 Å². The quantitative estimate of drug-likeness (QED) is 0.617. The Morgan fingerprint density at radius 2 is 1.14 bits per heavy atom. The molecule has 1 N–H and O–H groups in total. The van der Waals surface area contributed by atoms with Gasteiger partial charge in [-0.1, -0.05) is 20.8 Å². The zero-order valence-electron chi connectivity index (χ0n) is 9.07. The average Bonchev–Trinajstić information content (AvgIpc) is 2.29. The second-order valence-electron chi connectivity index (χ2n) is 7.59. The Balaban J connectivity index is 1.72. The third-order valence-electron chi connectivity index (χ3n) is 6.99. The summed E-state index contributed by atoms with van der Waals surface area (Å²) in [4.78, 5) is 0. The summed E-state index contributed by atoms with van der Waals surface area (Å²) in [6.45, 7) is 6.74. The van der Waals surface area contributed by atoms with E-state index in [1.165, 1.54) is 0 Å². The predicted octanol–water partition coefficient (Wildman–Crippen LogP) is 1.76. The number of aliphatic hydroxyl groups is 1. The Morgan fingerprint density at radius 1 is 0.786 bits per heavy atom. The lowest BCUT2D eigenvalue weighted by Crippen LogP contribution is -2.81. The molecule has 0 aromatic rings. The van der Waals surface area contributed by atoms with Gasteiger partial charge in [0.15, 0.2) is 0 Å². The molecule has 6 fully saturated rings. The molecule has 76 valence electrons. The molecule has 0 spiro atoms. The summed E-state index contributed by atoms with van der Waals surface area (Å²) < 4.78 is 0. The lowest BCUT2D eigenvalue weighted by molar-refractivity contribution is -0.379. The van der Waals surface area contributed by atoms with Gasteiger partial charge in [0.25, 0.3) is 0 Å². The van der Waals surface area contributed by atoms with E-state index in [1.54, 1.807) is 0 Å². The fraction of sp³-hybridized carbons (Fsp3) is 1.00. The molecule has 1 heteroatoms. The second kappa shape index (κ2) is 1.43. The largest absolute Gasteiger partial charge is 0.389 e. The van der Waals surface area contributed by atoms with E-state index < -0.39 is 0 Å². The minimum Gasteiger partial charge on any atom is -0.389 e. The van der Waals surface area contributed by atoms with Crippen molar-refractivity contribution in [2.24, 2.45) is 52.8 Å². The first-order chi connectivity index (χ1) is 6.49.